The standard InChI is InChI=1S/C25H27N7O/c26-14-16-32(27)24-22-11-4-5-12-23(22)25(31-30-24)33-18-21-10-6-9-20(29-21)17-28-15-13-19-7-2-1-3-8-19/h1-12,14,16,28H,13,15,17-18,26-27H2/b16-14-. The van der Waals surface area contributed by atoms with Gasteiger partial charge >= 0.3 is 0 Å². The zero-order valence-electron chi connectivity index (χ0n) is 18.3. The Morgan fingerprint density at radius 1 is 0.879 bits per heavy atom. The van der Waals surface area contributed by atoms with Crippen molar-refractivity contribution in [1.29, 1.82) is 0 Å². The molecule has 8 nitrogen and oxygen atoms in total. The highest BCUT2D eigenvalue weighted by Gasteiger charge is 2.13. The molecule has 0 saturated heterocycles. The maximum atomic E-state index is 5.99. The predicted octanol–water partition coefficient (Wildman–Crippen LogP) is 3.05. The summed E-state index contributed by atoms with van der Waals surface area (Å²) in [6.07, 6.45) is 3.84. The Hall–Kier alpha value is -4.01. The topological polar surface area (TPSA) is 115 Å². The summed E-state index contributed by atoms with van der Waals surface area (Å²) in [5.41, 5.74) is 8.54. The second-order valence-electron chi connectivity index (χ2n) is 7.44. The fourth-order valence-corrected chi connectivity index (χ4v) is 3.47. The number of nitrogens with one attached hydrogen (secondary N) is 1. The van der Waals surface area contributed by atoms with Gasteiger partial charge in [-0.1, -0.05) is 54.6 Å². The number of hydrazine groups is 1. The molecule has 0 unspecified atom stereocenters. The average Bonchev–Trinajstić information content (AvgIpc) is 2.86. The van der Waals surface area contributed by atoms with Crippen molar-refractivity contribution in [2.45, 2.75) is 19.6 Å². The Morgan fingerprint density at radius 3 is 2.45 bits per heavy atom. The molecule has 8 heteroatoms. The minimum Gasteiger partial charge on any atom is -0.470 e. The normalized spacial score (nSPS) is 11.2. The number of pyridine rings is 1. The molecule has 0 amide bonds. The monoisotopic (exact) mass is 441 g/mol. The molecule has 168 valence electrons. The van der Waals surface area contributed by atoms with Gasteiger partial charge in [-0.05, 0) is 36.7 Å². The van der Waals surface area contributed by atoms with E-state index < -0.39 is 0 Å². The molecule has 0 fully saturated rings. The van der Waals surface area contributed by atoms with Gasteiger partial charge in [-0.25, -0.2) is 5.84 Å². The highest BCUT2D eigenvalue weighted by molar-refractivity contribution is 5.95. The molecule has 2 aromatic carbocycles. The van der Waals surface area contributed by atoms with Gasteiger partial charge in [-0.3, -0.25) is 9.99 Å². The van der Waals surface area contributed by atoms with Crippen molar-refractivity contribution in [2.24, 2.45) is 11.6 Å². The SMILES string of the molecule is N/C=C\N(N)c1nnc(OCc2cccc(CNCCc3ccccc3)n2)c2ccccc12. The van der Waals surface area contributed by atoms with Gasteiger partial charge in [0.2, 0.25) is 5.88 Å². The lowest BCUT2D eigenvalue weighted by Gasteiger charge is -2.15. The minimum atomic E-state index is 0.283. The van der Waals surface area contributed by atoms with Crippen LogP contribution in [0.5, 0.6) is 5.88 Å². The van der Waals surface area contributed by atoms with Crippen molar-refractivity contribution in [2.75, 3.05) is 11.6 Å². The van der Waals surface area contributed by atoms with Crippen molar-refractivity contribution in [3.05, 3.63) is 102 Å². The molecule has 0 spiro atoms. The fourth-order valence-electron chi connectivity index (χ4n) is 3.47. The first-order chi connectivity index (χ1) is 16.2. The van der Waals surface area contributed by atoms with Crippen molar-refractivity contribution >= 4 is 16.6 Å². The molecule has 0 saturated carbocycles. The van der Waals surface area contributed by atoms with Crippen molar-refractivity contribution < 1.29 is 4.74 Å². The third-order valence-electron chi connectivity index (χ3n) is 5.09. The first-order valence-corrected chi connectivity index (χ1v) is 10.7. The van der Waals surface area contributed by atoms with E-state index in [0.29, 0.717) is 18.2 Å². The Bertz CT molecular complexity index is 1210. The van der Waals surface area contributed by atoms with E-state index >= 15 is 0 Å². The summed E-state index contributed by atoms with van der Waals surface area (Å²) in [5.74, 6) is 6.90. The lowest BCUT2D eigenvalue weighted by Crippen LogP contribution is -2.26. The molecule has 2 aromatic heterocycles. The molecular formula is C25H27N7O. The minimum absolute atomic E-state index is 0.283. The van der Waals surface area contributed by atoms with Crippen LogP contribution in [0, 0.1) is 0 Å². The summed E-state index contributed by atoms with van der Waals surface area (Å²) >= 11 is 0. The van der Waals surface area contributed by atoms with E-state index in [1.54, 1.807) is 0 Å². The van der Waals surface area contributed by atoms with Crippen LogP contribution in [0.15, 0.2) is 85.2 Å². The second kappa shape index (κ2) is 11.0. The summed E-state index contributed by atoms with van der Waals surface area (Å²) in [6, 6.07) is 24.0. The molecule has 33 heavy (non-hydrogen) atoms. The van der Waals surface area contributed by atoms with E-state index in [0.717, 1.165) is 35.1 Å². The van der Waals surface area contributed by atoms with Crippen LogP contribution in [0.1, 0.15) is 17.0 Å². The zero-order valence-corrected chi connectivity index (χ0v) is 18.3. The van der Waals surface area contributed by atoms with E-state index in [-0.39, 0.29) is 6.61 Å². The Morgan fingerprint density at radius 2 is 1.64 bits per heavy atom. The molecule has 0 aliphatic rings. The van der Waals surface area contributed by atoms with E-state index in [1.165, 1.54) is 23.0 Å². The van der Waals surface area contributed by atoms with Crippen LogP contribution >= 0.6 is 0 Å². The van der Waals surface area contributed by atoms with Crippen LogP contribution in [-0.4, -0.2) is 21.7 Å². The summed E-state index contributed by atoms with van der Waals surface area (Å²) in [7, 11) is 0. The quantitative estimate of drug-likeness (QED) is 0.195. The fraction of sp³-hybridized carbons (Fsp3) is 0.160. The molecule has 0 aliphatic carbocycles. The van der Waals surface area contributed by atoms with Crippen LogP contribution in [-0.2, 0) is 19.6 Å². The van der Waals surface area contributed by atoms with E-state index in [1.807, 2.05) is 48.5 Å². The lowest BCUT2D eigenvalue weighted by molar-refractivity contribution is 0.289. The number of fused-ring (bicyclic) bond motifs is 1. The number of nitrogens with zero attached hydrogens (tertiary/aromatic N) is 4. The second-order valence-corrected chi connectivity index (χ2v) is 7.44. The number of hydrogen-bond acceptors (Lipinski definition) is 8. The first kappa shape index (κ1) is 22.2. The average molecular weight is 442 g/mol. The van der Waals surface area contributed by atoms with Gasteiger partial charge in [0, 0.05) is 29.7 Å². The van der Waals surface area contributed by atoms with Crippen molar-refractivity contribution in [3.63, 3.8) is 0 Å². The van der Waals surface area contributed by atoms with Crippen LogP contribution < -0.4 is 26.6 Å². The van der Waals surface area contributed by atoms with Gasteiger partial charge in [0.05, 0.1) is 11.4 Å². The summed E-state index contributed by atoms with van der Waals surface area (Å²) < 4.78 is 5.98. The highest BCUT2D eigenvalue weighted by Crippen LogP contribution is 2.29. The molecule has 2 heterocycles. The maximum absolute atomic E-state index is 5.99. The Balaban J connectivity index is 1.39. The van der Waals surface area contributed by atoms with Gasteiger partial charge in [0.25, 0.3) is 0 Å². The molecule has 0 bridgehead atoms. The van der Waals surface area contributed by atoms with Gasteiger partial charge in [-0.15, -0.1) is 10.2 Å². The molecule has 0 radical (unpaired) electrons. The number of anilines is 1. The largest absolute Gasteiger partial charge is 0.470 e. The Kier molecular flexibility index (Phi) is 7.42. The van der Waals surface area contributed by atoms with Crippen molar-refractivity contribution in [3.8, 4) is 5.88 Å². The van der Waals surface area contributed by atoms with E-state index in [4.69, 9.17) is 21.3 Å². The van der Waals surface area contributed by atoms with Gasteiger partial charge in [0.1, 0.15) is 6.61 Å². The summed E-state index contributed by atoms with van der Waals surface area (Å²) in [5, 5.41) is 14.8. The molecule has 4 rings (SSSR count). The third-order valence-corrected chi connectivity index (χ3v) is 5.09. The van der Waals surface area contributed by atoms with Crippen LogP contribution in [0.3, 0.4) is 0 Å². The third kappa shape index (κ3) is 5.82. The van der Waals surface area contributed by atoms with Crippen molar-refractivity contribution in [1.82, 2.24) is 20.5 Å². The van der Waals surface area contributed by atoms with Crippen LogP contribution in [0.2, 0.25) is 0 Å². The number of benzene rings is 2. The van der Waals surface area contributed by atoms with Crippen LogP contribution in [0.25, 0.3) is 10.8 Å². The van der Waals surface area contributed by atoms with E-state index in [2.05, 4.69) is 39.8 Å². The van der Waals surface area contributed by atoms with Gasteiger partial charge < -0.3 is 15.8 Å². The molecule has 5 N–H and O–H groups in total. The molecule has 0 aliphatic heterocycles. The number of aromatic nitrogens is 3. The van der Waals surface area contributed by atoms with Gasteiger partial charge in [-0.2, -0.15) is 0 Å². The maximum Gasteiger partial charge on any atom is 0.241 e. The lowest BCUT2D eigenvalue weighted by atomic mass is 10.1. The number of ether oxygens (including phenoxy) is 1. The summed E-state index contributed by atoms with van der Waals surface area (Å²) in [6.45, 7) is 1.86. The smallest absolute Gasteiger partial charge is 0.241 e. The summed E-state index contributed by atoms with van der Waals surface area (Å²) in [4.78, 5) is 4.70. The predicted molar refractivity (Wildman–Crippen MR) is 130 cm³/mol. The van der Waals surface area contributed by atoms with E-state index in [9.17, 15) is 0 Å². The first-order valence-electron chi connectivity index (χ1n) is 10.7. The Labute approximate surface area is 192 Å². The molecular weight excluding hydrogens is 414 g/mol. The number of nitrogens with two attached hydrogens (primary N) is 2. The van der Waals surface area contributed by atoms with Crippen LogP contribution in [0.4, 0.5) is 5.82 Å². The molecule has 4 aromatic rings. The zero-order chi connectivity index (χ0) is 22.9. The number of hydrogen-bond donors (Lipinski definition) is 3. The highest BCUT2D eigenvalue weighted by atomic mass is 16.5. The molecule has 0 atom stereocenters. The number of rotatable bonds is 10. The van der Waals surface area contributed by atoms with Gasteiger partial charge in [0.15, 0.2) is 5.82 Å².